The number of para-hydroxylation sites is 3. The van der Waals surface area contributed by atoms with Crippen molar-refractivity contribution in [3.8, 4) is 56.7 Å². The first-order valence-corrected chi connectivity index (χ1v) is 23.1. The highest BCUT2D eigenvalue weighted by atomic mass is 15.0. The van der Waals surface area contributed by atoms with Crippen molar-refractivity contribution in [2.45, 2.75) is 0 Å². The lowest BCUT2D eigenvalue weighted by Gasteiger charge is -2.16. The standard InChI is InChI=1S/C63H39N5/c1-3-18-40(19-4-1)44-37-35-43(67-57-31-16-13-28-52(57)60-58(67)32-17-33-59(60)68-55-29-14-11-26-50(55)51-27-12-15-30-56(51)68)39-54(44)63-65-61(41-20-5-2-6-21-41)64-62(66-63)42-34-36-49-47-24-8-7-22-45(47)46-23-9-10-25-48(46)53(49)38-42/h1-39H. The molecule has 3 aromatic heterocycles. The highest BCUT2D eigenvalue weighted by Gasteiger charge is 2.22. The average molecular weight is 866 g/mol. The molecule has 0 saturated carbocycles. The molecule has 0 fully saturated rings. The van der Waals surface area contributed by atoms with Crippen molar-refractivity contribution < 1.29 is 0 Å². The molecule has 0 spiro atoms. The topological polar surface area (TPSA) is 48.5 Å². The Hall–Kier alpha value is -9.19. The van der Waals surface area contributed by atoms with Crippen molar-refractivity contribution in [3.63, 3.8) is 0 Å². The van der Waals surface area contributed by atoms with E-state index >= 15 is 0 Å². The van der Waals surface area contributed by atoms with E-state index in [9.17, 15) is 0 Å². The summed E-state index contributed by atoms with van der Waals surface area (Å²) in [6.07, 6.45) is 0. The summed E-state index contributed by atoms with van der Waals surface area (Å²) in [6, 6.07) is 84.5. The van der Waals surface area contributed by atoms with Gasteiger partial charge < -0.3 is 9.13 Å². The van der Waals surface area contributed by atoms with E-state index in [1.54, 1.807) is 0 Å². The van der Waals surface area contributed by atoms with E-state index in [0.29, 0.717) is 17.5 Å². The van der Waals surface area contributed by atoms with Gasteiger partial charge in [-0.25, -0.2) is 15.0 Å². The van der Waals surface area contributed by atoms with E-state index < -0.39 is 0 Å². The van der Waals surface area contributed by atoms with Crippen LogP contribution in [0.4, 0.5) is 0 Å². The number of hydrogen-bond acceptors (Lipinski definition) is 3. The highest BCUT2D eigenvalue weighted by Crippen LogP contribution is 2.42. The van der Waals surface area contributed by atoms with Crippen molar-refractivity contribution in [3.05, 3.63) is 237 Å². The van der Waals surface area contributed by atoms with Crippen LogP contribution in [0.15, 0.2) is 237 Å². The Kier molecular flexibility index (Phi) is 8.52. The lowest BCUT2D eigenvalue weighted by atomic mass is 9.93. The molecule has 11 aromatic carbocycles. The fraction of sp³-hybridized carbons (Fsp3) is 0. The minimum absolute atomic E-state index is 0.602. The monoisotopic (exact) mass is 865 g/mol. The number of benzene rings is 11. The van der Waals surface area contributed by atoms with Crippen LogP contribution in [0.5, 0.6) is 0 Å². The molecule has 0 N–H and O–H groups in total. The number of nitrogens with zero attached hydrogens (tertiary/aromatic N) is 5. The molecule has 0 saturated heterocycles. The van der Waals surface area contributed by atoms with Crippen molar-refractivity contribution in [1.82, 2.24) is 24.1 Å². The summed E-state index contributed by atoms with van der Waals surface area (Å²) < 4.78 is 4.84. The molecule has 0 unspecified atom stereocenters. The smallest absolute Gasteiger partial charge is 0.164 e. The molecule has 316 valence electrons. The van der Waals surface area contributed by atoms with Crippen molar-refractivity contribution >= 4 is 75.9 Å². The molecule has 0 aliphatic heterocycles. The van der Waals surface area contributed by atoms with Gasteiger partial charge in [-0.2, -0.15) is 0 Å². The van der Waals surface area contributed by atoms with Crippen LogP contribution in [0.25, 0.3) is 133 Å². The molecule has 14 aromatic rings. The zero-order chi connectivity index (χ0) is 44.7. The van der Waals surface area contributed by atoms with Crippen LogP contribution in [-0.2, 0) is 0 Å². The van der Waals surface area contributed by atoms with Crippen LogP contribution in [0, 0.1) is 0 Å². The minimum atomic E-state index is 0.602. The van der Waals surface area contributed by atoms with Gasteiger partial charge >= 0.3 is 0 Å². The third-order valence-corrected chi connectivity index (χ3v) is 13.8. The van der Waals surface area contributed by atoms with E-state index in [0.717, 1.165) is 50.2 Å². The zero-order valence-electron chi connectivity index (χ0n) is 36.8. The summed E-state index contributed by atoms with van der Waals surface area (Å²) in [5.41, 5.74) is 11.6. The van der Waals surface area contributed by atoms with E-state index in [2.05, 4.69) is 228 Å². The second-order valence-corrected chi connectivity index (χ2v) is 17.5. The maximum atomic E-state index is 5.45. The number of aromatic nitrogens is 5. The van der Waals surface area contributed by atoms with Gasteiger partial charge in [0.1, 0.15) is 0 Å². The fourth-order valence-corrected chi connectivity index (χ4v) is 10.8. The first-order chi connectivity index (χ1) is 33.7. The molecule has 5 heteroatoms. The SMILES string of the molecule is c1ccc(-c2nc(-c3ccc4c5ccccc5c5ccccc5c4c3)nc(-c3cc(-n4c5ccccc5c5c(-n6c7ccccc7c7ccccc76)cccc54)ccc3-c3ccccc3)n2)cc1. The maximum absolute atomic E-state index is 5.45. The normalized spacial score (nSPS) is 11.8. The summed E-state index contributed by atoms with van der Waals surface area (Å²) >= 11 is 0. The van der Waals surface area contributed by atoms with Gasteiger partial charge in [-0.1, -0.05) is 188 Å². The summed E-state index contributed by atoms with van der Waals surface area (Å²) in [5, 5.41) is 12.1. The summed E-state index contributed by atoms with van der Waals surface area (Å²) in [6.45, 7) is 0. The molecule has 0 aliphatic rings. The Morgan fingerprint density at radius 3 is 1.35 bits per heavy atom. The van der Waals surface area contributed by atoms with Gasteiger partial charge in [0.15, 0.2) is 17.5 Å². The molecule has 0 radical (unpaired) electrons. The van der Waals surface area contributed by atoms with Crippen LogP contribution < -0.4 is 0 Å². The highest BCUT2D eigenvalue weighted by molar-refractivity contribution is 6.26. The molecule has 0 atom stereocenters. The second-order valence-electron chi connectivity index (χ2n) is 17.5. The average Bonchev–Trinajstić information content (AvgIpc) is 3.94. The molecule has 3 heterocycles. The van der Waals surface area contributed by atoms with Crippen molar-refractivity contribution in [2.24, 2.45) is 0 Å². The quantitative estimate of drug-likeness (QED) is 0.156. The third kappa shape index (κ3) is 5.86. The second kappa shape index (κ2) is 15.2. The Bertz CT molecular complexity index is 4230. The summed E-state index contributed by atoms with van der Waals surface area (Å²) in [5.74, 6) is 1.83. The van der Waals surface area contributed by atoms with Gasteiger partial charge in [-0.15, -0.1) is 0 Å². The predicted molar refractivity (Wildman–Crippen MR) is 283 cm³/mol. The van der Waals surface area contributed by atoms with Gasteiger partial charge in [-0.05, 0) is 92.0 Å². The van der Waals surface area contributed by atoms with Crippen LogP contribution in [0.3, 0.4) is 0 Å². The van der Waals surface area contributed by atoms with Crippen LogP contribution in [-0.4, -0.2) is 24.1 Å². The Labute approximate surface area is 391 Å². The van der Waals surface area contributed by atoms with Crippen molar-refractivity contribution in [2.75, 3.05) is 0 Å². The summed E-state index contributed by atoms with van der Waals surface area (Å²) in [7, 11) is 0. The zero-order valence-corrected chi connectivity index (χ0v) is 36.8. The largest absolute Gasteiger partial charge is 0.309 e. The number of fused-ring (bicyclic) bond motifs is 12. The van der Waals surface area contributed by atoms with Crippen molar-refractivity contribution in [1.29, 1.82) is 0 Å². The molecule has 68 heavy (non-hydrogen) atoms. The van der Waals surface area contributed by atoms with E-state index in [4.69, 9.17) is 15.0 Å². The first-order valence-electron chi connectivity index (χ1n) is 23.1. The molecule has 14 rings (SSSR count). The van der Waals surface area contributed by atoms with Crippen LogP contribution in [0.1, 0.15) is 0 Å². The number of rotatable bonds is 6. The van der Waals surface area contributed by atoms with Gasteiger partial charge in [0.05, 0.1) is 27.8 Å². The van der Waals surface area contributed by atoms with E-state index in [1.165, 1.54) is 64.9 Å². The lowest BCUT2D eigenvalue weighted by Crippen LogP contribution is -2.02. The van der Waals surface area contributed by atoms with E-state index in [-0.39, 0.29) is 0 Å². The molecule has 0 aliphatic carbocycles. The third-order valence-electron chi connectivity index (χ3n) is 13.8. The van der Waals surface area contributed by atoms with Gasteiger partial charge in [-0.3, -0.25) is 0 Å². The lowest BCUT2D eigenvalue weighted by molar-refractivity contribution is 1.07. The maximum Gasteiger partial charge on any atom is 0.164 e. The Balaban J connectivity index is 1.02. The summed E-state index contributed by atoms with van der Waals surface area (Å²) in [4.78, 5) is 16.1. The Morgan fingerprint density at radius 1 is 0.250 bits per heavy atom. The predicted octanol–water partition coefficient (Wildman–Crippen LogP) is 16.2. The minimum Gasteiger partial charge on any atom is -0.309 e. The van der Waals surface area contributed by atoms with Gasteiger partial charge in [0.25, 0.3) is 0 Å². The number of hydrogen-bond donors (Lipinski definition) is 0. The fourth-order valence-electron chi connectivity index (χ4n) is 10.8. The molecule has 0 amide bonds. The van der Waals surface area contributed by atoms with Gasteiger partial charge in [0, 0.05) is 43.9 Å². The molecular formula is C63H39N5. The van der Waals surface area contributed by atoms with Gasteiger partial charge in [0.2, 0.25) is 0 Å². The molecule has 0 bridgehead atoms. The molecule has 5 nitrogen and oxygen atoms in total. The van der Waals surface area contributed by atoms with E-state index in [1.807, 2.05) is 18.2 Å². The Morgan fingerprint density at radius 2 is 0.721 bits per heavy atom. The molecular weight excluding hydrogens is 827 g/mol. The first kappa shape index (κ1) is 38.1. The van der Waals surface area contributed by atoms with Crippen LogP contribution >= 0.6 is 0 Å². The van der Waals surface area contributed by atoms with Crippen LogP contribution in [0.2, 0.25) is 0 Å².